The summed E-state index contributed by atoms with van der Waals surface area (Å²) < 4.78 is 11.2. The summed E-state index contributed by atoms with van der Waals surface area (Å²) in [5.41, 5.74) is 1.94. The number of hydrogen-bond donors (Lipinski definition) is 1. The zero-order valence-electron chi connectivity index (χ0n) is 13.0. The molecule has 0 aliphatic rings. The van der Waals surface area contributed by atoms with E-state index in [0.717, 1.165) is 24.2 Å². The summed E-state index contributed by atoms with van der Waals surface area (Å²) in [6.07, 6.45) is 0. The Bertz CT molecular complexity index is 677. The van der Waals surface area contributed by atoms with Crippen molar-refractivity contribution < 1.29 is 9.47 Å². The third kappa shape index (κ3) is 4.92. The van der Waals surface area contributed by atoms with Gasteiger partial charge < -0.3 is 14.8 Å². The molecular weight excluding hydrogens is 357 g/mol. The third-order valence-corrected chi connectivity index (χ3v) is 4.26. The predicted molar refractivity (Wildman–Crippen MR) is 96.2 cm³/mol. The Morgan fingerprint density at radius 1 is 0.957 bits per heavy atom. The molecule has 0 saturated carbocycles. The summed E-state index contributed by atoms with van der Waals surface area (Å²) in [5, 5.41) is 4.77. The van der Waals surface area contributed by atoms with Gasteiger partial charge in [-0.1, -0.05) is 47.8 Å². The summed E-state index contributed by atoms with van der Waals surface area (Å²) in [4.78, 5) is 0. The van der Waals surface area contributed by atoms with Gasteiger partial charge in [-0.2, -0.15) is 0 Å². The average molecular weight is 375 g/mol. The molecule has 3 nitrogen and oxygen atoms in total. The van der Waals surface area contributed by atoms with Gasteiger partial charge >= 0.3 is 0 Å². The van der Waals surface area contributed by atoms with Gasteiger partial charge in [-0.25, -0.2) is 0 Å². The second-order valence-electron chi connectivity index (χ2n) is 4.93. The SMILES string of the molecule is CCNCc1cc(Cl)c(OCc2ccc(Cl)c(Cl)c2)c(OC)c1. The van der Waals surface area contributed by atoms with Crippen molar-refractivity contribution in [1.29, 1.82) is 0 Å². The minimum Gasteiger partial charge on any atom is -0.493 e. The first-order valence-electron chi connectivity index (χ1n) is 7.19. The quantitative estimate of drug-likeness (QED) is 0.709. The van der Waals surface area contributed by atoms with Crippen LogP contribution in [0.25, 0.3) is 0 Å². The molecule has 0 aromatic heterocycles. The lowest BCUT2D eigenvalue weighted by Crippen LogP contribution is -2.12. The molecule has 0 aliphatic heterocycles. The average Bonchev–Trinajstić information content (AvgIpc) is 2.54. The Morgan fingerprint density at radius 2 is 1.70 bits per heavy atom. The van der Waals surface area contributed by atoms with E-state index in [1.54, 1.807) is 19.2 Å². The van der Waals surface area contributed by atoms with Gasteiger partial charge in [0.15, 0.2) is 11.5 Å². The van der Waals surface area contributed by atoms with E-state index < -0.39 is 0 Å². The number of hydrogen-bond acceptors (Lipinski definition) is 3. The highest BCUT2D eigenvalue weighted by Crippen LogP contribution is 2.37. The van der Waals surface area contributed by atoms with Gasteiger partial charge in [-0.15, -0.1) is 0 Å². The van der Waals surface area contributed by atoms with Crippen molar-refractivity contribution >= 4 is 34.8 Å². The molecule has 0 fully saturated rings. The summed E-state index contributed by atoms with van der Waals surface area (Å²) in [5.74, 6) is 1.12. The van der Waals surface area contributed by atoms with Crippen LogP contribution in [0.2, 0.25) is 15.1 Å². The fourth-order valence-corrected chi connectivity index (χ4v) is 2.68. The maximum Gasteiger partial charge on any atom is 0.180 e. The lowest BCUT2D eigenvalue weighted by atomic mass is 10.2. The first-order valence-corrected chi connectivity index (χ1v) is 8.32. The van der Waals surface area contributed by atoms with Gasteiger partial charge in [0.05, 0.1) is 22.2 Å². The Labute approximate surface area is 151 Å². The molecule has 0 radical (unpaired) electrons. The summed E-state index contributed by atoms with van der Waals surface area (Å²) in [7, 11) is 1.59. The van der Waals surface area contributed by atoms with Gasteiger partial charge in [0.1, 0.15) is 6.61 Å². The summed E-state index contributed by atoms with van der Waals surface area (Å²) in [6.45, 7) is 3.97. The van der Waals surface area contributed by atoms with Crippen LogP contribution in [0.5, 0.6) is 11.5 Å². The third-order valence-electron chi connectivity index (χ3n) is 3.24. The monoisotopic (exact) mass is 373 g/mol. The molecule has 0 saturated heterocycles. The van der Waals surface area contributed by atoms with Crippen LogP contribution in [0.4, 0.5) is 0 Å². The van der Waals surface area contributed by atoms with E-state index in [1.807, 2.05) is 25.1 Å². The molecule has 1 N–H and O–H groups in total. The zero-order valence-corrected chi connectivity index (χ0v) is 15.2. The van der Waals surface area contributed by atoms with E-state index in [2.05, 4.69) is 5.32 Å². The van der Waals surface area contributed by atoms with Crippen molar-refractivity contribution in [3.05, 3.63) is 56.5 Å². The highest BCUT2D eigenvalue weighted by Gasteiger charge is 2.12. The molecule has 0 aliphatic carbocycles. The van der Waals surface area contributed by atoms with Crippen LogP contribution in [0.3, 0.4) is 0 Å². The molecule has 2 aromatic rings. The lowest BCUT2D eigenvalue weighted by Gasteiger charge is -2.14. The van der Waals surface area contributed by atoms with E-state index >= 15 is 0 Å². The minimum atomic E-state index is 0.319. The molecule has 2 aromatic carbocycles. The maximum atomic E-state index is 6.34. The van der Waals surface area contributed by atoms with Gasteiger partial charge in [0.25, 0.3) is 0 Å². The zero-order chi connectivity index (χ0) is 16.8. The Balaban J connectivity index is 2.16. The topological polar surface area (TPSA) is 30.5 Å². The molecule has 0 atom stereocenters. The fraction of sp³-hybridized carbons (Fsp3) is 0.294. The second-order valence-corrected chi connectivity index (χ2v) is 6.15. The van der Waals surface area contributed by atoms with Crippen LogP contribution in [0, 0.1) is 0 Å². The van der Waals surface area contributed by atoms with Gasteiger partial charge in [-0.05, 0) is 41.9 Å². The minimum absolute atomic E-state index is 0.319. The fourth-order valence-electron chi connectivity index (χ4n) is 2.07. The number of rotatable bonds is 7. The van der Waals surface area contributed by atoms with E-state index in [0.29, 0.717) is 33.2 Å². The molecule has 0 amide bonds. The van der Waals surface area contributed by atoms with Crippen molar-refractivity contribution in [2.24, 2.45) is 0 Å². The highest BCUT2D eigenvalue weighted by atomic mass is 35.5. The molecule has 0 bridgehead atoms. The predicted octanol–water partition coefficient (Wildman–Crippen LogP) is 5.34. The Morgan fingerprint density at radius 3 is 2.35 bits per heavy atom. The Hall–Kier alpha value is -1.13. The number of nitrogens with one attached hydrogen (secondary N) is 1. The van der Waals surface area contributed by atoms with Crippen LogP contribution < -0.4 is 14.8 Å². The van der Waals surface area contributed by atoms with Crippen molar-refractivity contribution in [2.75, 3.05) is 13.7 Å². The molecular formula is C17H18Cl3NO2. The largest absolute Gasteiger partial charge is 0.493 e. The van der Waals surface area contributed by atoms with Gasteiger partial charge in [0, 0.05) is 6.54 Å². The van der Waals surface area contributed by atoms with E-state index in [1.165, 1.54) is 0 Å². The normalized spacial score (nSPS) is 10.7. The summed E-state index contributed by atoms with van der Waals surface area (Å²) >= 11 is 18.3. The molecule has 6 heteroatoms. The molecule has 0 unspecified atom stereocenters. The molecule has 0 heterocycles. The van der Waals surface area contributed by atoms with Crippen LogP contribution in [-0.2, 0) is 13.2 Å². The second kappa shape index (κ2) is 8.65. The van der Waals surface area contributed by atoms with Crippen molar-refractivity contribution in [1.82, 2.24) is 5.32 Å². The van der Waals surface area contributed by atoms with Crippen molar-refractivity contribution in [3.8, 4) is 11.5 Å². The number of ether oxygens (including phenoxy) is 2. The smallest absolute Gasteiger partial charge is 0.180 e. The first kappa shape index (κ1) is 18.2. The van der Waals surface area contributed by atoms with Crippen molar-refractivity contribution in [2.45, 2.75) is 20.1 Å². The Kier molecular flexibility index (Phi) is 6.85. The number of methoxy groups -OCH3 is 1. The molecule has 23 heavy (non-hydrogen) atoms. The van der Waals surface area contributed by atoms with Crippen LogP contribution in [0.15, 0.2) is 30.3 Å². The molecule has 2 rings (SSSR count). The number of benzene rings is 2. The standard InChI is InChI=1S/C17H18Cl3NO2/c1-3-21-9-12-7-15(20)17(16(8-12)22-2)23-10-11-4-5-13(18)14(19)6-11/h4-8,21H,3,9-10H2,1-2H3. The lowest BCUT2D eigenvalue weighted by molar-refractivity contribution is 0.284. The van der Waals surface area contributed by atoms with Gasteiger partial charge in [0.2, 0.25) is 0 Å². The van der Waals surface area contributed by atoms with E-state index in [4.69, 9.17) is 44.3 Å². The van der Waals surface area contributed by atoms with E-state index in [9.17, 15) is 0 Å². The van der Waals surface area contributed by atoms with E-state index in [-0.39, 0.29) is 0 Å². The molecule has 124 valence electrons. The molecule has 0 spiro atoms. The van der Waals surface area contributed by atoms with Crippen LogP contribution in [0.1, 0.15) is 18.1 Å². The highest BCUT2D eigenvalue weighted by molar-refractivity contribution is 6.42. The number of halogens is 3. The van der Waals surface area contributed by atoms with Gasteiger partial charge in [-0.3, -0.25) is 0 Å². The first-order chi connectivity index (χ1) is 11.0. The maximum absolute atomic E-state index is 6.34. The van der Waals surface area contributed by atoms with Crippen LogP contribution in [-0.4, -0.2) is 13.7 Å². The van der Waals surface area contributed by atoms with Crippen LogP contribution >= 0.6 is 34.8 Å². The summed E-state index contributed by atoms with van der Waals surface area (Å²) in [6, 6.07) is 9.15. The van der Waals surface area contributed by atoms with Crippen molar-refractivity contribution in [3.63, 3.8) is 0 Å².